The van der Waals surface area contributed by atoms with Gasteiger partial charge < -0.3 is 11.2 Å². The molecular weight excluding hydrogens is 374 g/mol. The molecule has 0 saturated carbocycles. The summed E-state index contributed by atoms with van der Waals surface area (Å²) in [5.74, 6) is 6.74. The molecule has 1 aliphatic rings. The Morgan fingerprint density at radius 3 is 2.93 bits per heavy atom. The smallest absolute Gasteiger partial charge is 0.271 e. The van der Waals surface area contributed by atoms with Gasteiger partial charge in [-0.05, 0) is 50.3 Å². The molecule has 0 unspecified atom stereocenters. The van der Waals surface area contributed by atoms with Gasteiger partial charge in [0, 0.05) is 5.69 Å². The largest absolute Gasteiger partial charge is 0.349 e. The zero-order chi connectivity index (χ0) is 19.7. The minimum absolute atomic E-state index is 0.0395. The Bertz CT molecular complexity index is 1010. The third kappa shape index (κ3) is 3.62. The van der Waals surface area contributed by atoms with Gasteiger partial charge in [0.15, 0.2) is 0 Å². The van der Waals surface area contributed by atoms with Crippen molar-refractivity contribution in [1.82, 2.24) is 30.0 Å². The van der Waals surface area contributed by atoms with Crippen LogP contribution in [0.4, 0.5) is 0 Å². The van der Waals surface area contributed by atoms with E-state index in [-0.39, 0.29) is 17.7 Å². The van der Waals surface area contributed by atoms with Crippen molar-refractivity contribution in [1.29, 1.82) is 0 Å². The first-order valence-corrected chi connectivity index (χ1v) is 10.3. The van der Waals surface area contributed by atoms with Gasteiger partial charge in [-0.25, -0.2) is 9.36 Å². The van der Waals surface area contributed by atoms with E-state index in [1.54, 1.807) is 4.68 Å². The van der Waals surface area contributed by atoms with Crippen LogP contribution in [0.15, 0.2) is 35.5 Å². The molecule has 1 atom stereocenters. The number of nitrogens with two attached hydrogens (primary N) is 1. The highest BCUT2D eigenvalue weighted by Crippen LogP contribution is 2.29. The number of nitrogens with zero attached hydrogens (tertiary/aromatic N) is 5. The molecule has 0 saturated heterocycles. The Hall–Kier alpha value is -2.81. The van der Waals surface area contributed by atoms with Crippen molar-refractivity contribution in [2.24, 2.45) is 0 Å². The molecule has 28 heavy (non-hydrogen) atoms. The van der Waals surface area contributed by atoms with Crippen molar-refractivity contribution in [3.05, 3.63) is 52.8 Å². The van der Waals surface area contributed by atoms with E-state index in [4.69, 9.17) is 5.84 Å². The van der Waals surface area contributed by atoms with E-state index in [9.17, 15) is 4.79 Å². The molecular formula is C19H23N7OS. The number of benzene rings is 1. The van der Waals surface area contributed by atoms with Crippen molar-refractivity contribution >= 4 is 17.7 Å². The molecule has 9 heteroatoms. The third-order valence-corrected chi connectivity index (χ3v) is 5.83. The van der Waals surface area contributed by atoms with Gasteiger partial charge in [-0.1, -0.05) is 36.0 Å². The Morgan fingerprint density at radius 2 is 2.14 bits per heavy atom. The van der Waals surface area contributed by atoms with E-state index in [1.807, 2.05) is 32.0 Å². The number of carbonyl (C=O) groups is 1. The van der Waals surface area contributed by atoms with Crippen LogP contribution < -0.4 is 11.2 Å². The molecule has 1 aromatic carbocycles. The number of fused-ring (bicyclic) bond motifs is 1. The van der Waals surface area contributed by atoms with Crippen LogP contribution in [0, 0.1) is 13.8 Å². The summed E-state index contributed by atoms with van der Waals surface area (Å²) in [5, 5.41) is 16.2. The molecule has 1 aliphatic carbocycles. The van der Waals surface area contributed by atoms with Crippen LogP contribution in [0.2, 0.25) is 0 Å². The topological polar surface area (TPSA) is 104 Å². The van der Waals surface area contributed by atoms with Crippen LogP contribution in [0.25, 0.3) is 5.95 Å². The monoisotopic (exact) mass is 397 g/mol. The Kier molecular flexibility index (Phi) is 5.08. The Balaban J connectivity index is 1.40. The average Bonchev–Trinajstić information content (AvgIpc) is 3.21. The van der Waals surface area contributed by atoms with Crippen molar-refractivity contribution in [3.63, 3.8) is 0 Å². The lowest BCUT2D eigenvalue weighted by molar-refractivity contribution is -0.119. The standard InChI is InChI=1S/C19H23N7OS/c1-12-10-13(2)26(24-12)18-22-23-19(25(18)20)28-11-17(27)21-16-9-5-7-14-6-3-4-8-15(14)16/h3-4,6,8,10,16H,5,7,9,11,20H2,1-2H3,(H,21,27)/t16-/m0/s1. The molecule has 3 aromatic rings. The van der Waals surface area contributed by atoms with E-state index in [2.05, 4.69) is 32.7 Å². The van der Waals surface area contributed by atoms with Crippen molar-refractivity contribution in [3.8, 4) is 5.95 Å². The molecule has 4 rings (SSSR count). The van der Waals surface area contributed by atoms with Crippen LogP contribution >= 0.6 is 11.8 Å². The van der Waals surface area contributed by atoms with Gasteiger partial charge in [0.1, 0.15) is 0 Å². The highest BCUT2D eigenvalue weighted by molar-refractivity contribution is 7.99. The summed E-state index contributed by atoms with van der Waals surface area (Å²) in [7, 11) is 0. The van der Waals surface area contributed by atoms with E-state index in [0.29, 0.717) is 11.1 Å². The normalized spacial score (nSPS) is 16.0. The summed E-state index contributed by atoms with van der Waals surface area (Å²) < 4.78 is 3.01. The van der Waals surface area contributed by atoms with Crippen LogP contribution in [0.5, 0.6) is 0 Å². The summed E-state index contributed by atoms with van der Waals surface area (Å²) in [4.78, 5) is 12.5. The van der Waals surface area contributed by atoms with E-state index < -0.39 is 0 Å². The quantitative estimate of drug-likeness (QED) is 0.505. The molecule has 0 aliphatic heterocycles. The minimum Gasteiger partial charge on any atom is -0.349 e. The van der Waals surface area contributed by atoms with E-state index in [0.717, 1.165) is 30.7 Å². The summed E-state index contributed by atoms with van der Waals surface area (Å²) in [6, 6.07) is 10.3. The lowest BCUT2D eigenvalue weighted by Gasteiger charge is -2.26. The maximum Gasteiger partial charge on any atom is 0.271 e. The molecule has 1 amide bonds. The van der Waals surface area contributed by atoms with Gasteiger partial charge in [-0.3, -0.25) is 4.79 Å². The van der Waals surface area contributed by atoms with Gasteiger partial charge >= 0.3 is 0 Å². The van der Waals surface area contributed by atoms with Gasteiger partial charge in [0.25, 0.3) is 5.95 Å². The highest BCUT2D eigenvalue weighted by Gasteiger charge is 2.22. The van der Waals surface area contributed by atoms with Crippen molar-refractivity contribution in [2.75, 3.05) is 11.6 Å². The van der Waals surface area contributed by atoms with Crippen molar-refractivity contribution < 1.29 is 4.79 Å². The summed E-state index contributed by atoms with van der Waals surface area (Å²) in [6.07, 6.45) is 3.11. The predicted molar refractivity (Wildman–Crippen MR) is 108 cm³/mol. The SMILES string of the molecule is Cc1cc(C)n(-c2nnc(SCC(=O)N[C@H]3CCCc4ccccc43)n2N)n1. The van der Waals surface area contributed by atoms with E-state index in [1.165, 1.54) is 27.6 Å². The summed E-state index contributed by atoms with van der Waals surface area (Å²) in [6.45, 7) is 3.83. The number of hydrogen-bond acceptors (Lipinski definition) is 6. The number of aromatic nitrogens is 5. The van der Waals surface area contributed by atoms with Gasteiger partial charge in [0.05, 0.1) is 17.5 Å². The second-order valence-corrected chi connectivity index (χ2v) is 7.93. The van der Waals surface area contributed by atoms with Crippen LogP contribution in [0.1, 0.15) is 41.4 Å². The fourth-order valence-electron chi connectivity index (χ4n) is 3.61. The average molecular weight is 398 g/mol. The summed E-state index contributed by atoms with van der Waals surface area (Å²) in [5.41, 5.74) is 4.34. The maximum atomic E-state index is 12.5. The molecule has 0 bridgehead atoms. The predicted octanol–water partition coefficient (Wildman–Crippen LogP) is 2.08. The van der Waals surface area contributed by atoms with Crippen LogP contribution in [0.3, 0.4) is 0 Å². The molecule has 0 spiro atoms. The molecule has 8 nitrogen and oxygen atoms in total. The van der Waals surface area contributed by atoms with E-state index >= 15 is 0 Å². The van der Waals surface area contributed by atoms with Crippen molar-refractivity contribution in [2.45, 2.75) is 44.3 Å². The number of aryl methyl sites for hydroxylation is 3. The zero-order valence-electron chi connectivity index (χ0n) is 15.9. The first kappa shape index (κ1) is 18.5. The lowest BCUT2D eigenvalue weighted by atomic mass is 9.88. The molecule has 146 valence electrons. The van der Waals surface area contributed by atoms with Gasteiger partial charge in [-0.15, -0.1) is 10.2 Å². The first-order chi connectivity index (χ1) is 13.5. The first-order valence-electron chi connectivity index (χ1n) is 9.27. The number of nitrogens with one attached hydrogen (secondary N) is 1. The van der Waals surface area contributed by atoms with Gasteiger partial charge in [-0.2, -0.15) is 5.10 Å². The fraction of sp³-hybridized carbons (Fsp3) is 0.368. The maximum absolute atomic E-state index is 12.5. The number of carbonyl (C=O) groups excluding carboxylic acids is 1. The fourth-order valence-corrected chi connectivity index (χ4v) is 4.28. The summed E-state index contributed by atoms with van der Waals surface area (Å²) >= 11 is 1.26. The molecule has 0 radical (unpaired) electrons. The number of rotatable bonds is 5. The molecule has 2 heterocycles. The van der Waals surface area contributed by atoms with Crippen LogP contribution in [-0.2, 0) is 11.2 Å². The van der Waals surface area contributed by atoms with Crippen LogP contribution in [-0.4, -0.2) is 36.3 Å². The number of amides is 1. The number of hydrogen-bond donors (Lipinski definition) is 2. The molecule has 0 fully saturated rings. The lowest BCUT2D eigenvalue weighted by Crippen LogP contribution is -2.32. The molecule has 3 N–H and O–H groups in total. The molecule has 2 aromatic heterocycles. The number of nitrogen functional groups attached to an aromatic ring is 1. The Labute approximate surface area is 167 Å². The number of thioether (sulfide) groups is 1. The third-order valence-electron chi connectivity index (χ3n) is 4.88. The second kappa shape index (κ2) is 7.67. The second-order valence-electron chi connectivity index (χ2n) is 6.99. The Morgan fingerprint density at radius 1 is 1.32 bits per heavy atom. The highest BCUT2D eigenvalue weighted by atomic mass is 32.2. The van der Waals surface area contributed by atoms with Gasteiger partial charge in [0.2, 0.25) is 11.1 Å². The minimum atomic E-state index is -0.0395. The zero-order valence-corrected chi connectivity index (χ0v) is 16.7.